The second-order valence-electron chi connectivity index (χ2n) is 13.2. The number of nitrogens with two attached hydrogens (primary N) is 2. The van der Waals surface area contributed by atoms with E-state index in [2.05, 4.69) is 114 Å². The summed E-state index contributed by atoms with van der Waals surface area (Å²) < 4.78 is 67.9. The van der Waals surface area contributed by atoms with Gasteiger partial charge in [-0.1, -0.05) is 72.8 Å². The molecule has 326 valence electrons. The number of nitrogens with zero attached hydrogens (tertiary/aromatic N) is 2. The van der Waals surface area contributed by atoms with E-state index < -0.39 is 20.5 Å². The van der Waals surface area contributed by atoms with Crippen molar-refractivity contribution >= 4 is 0 Å². The monoisotopic (exact) mass is 852 g/mol. The van der Waals surface area contributed by atoms with Gasteiger partial charge in [-0.05, 0) is 22.3 Å². The van der Waals surface area contributed by atoms with E-state index in [1.807, 2.05) is 0 Å². The molecule has 21 heteroatoms. The fourth-order valence-electron chi connectivity index (χ4n) is 6.00. The standard InChI is InChI=1S/C36H54N8.2ClHO4.3H2O/c1-2-32-4-3-31(1)25-37-13-19-43-21-15-39-27-33-5-9-35(10-6-33)29-41-17-23-44(20-14-38-26-32)24-18-42-30-36-11-7-34(8-12-36)28-40-16-22-43;2*2-1(3,4)5;;;/h1-12,37-42H,13-30H2;2*(H,2,3,4,5);3*1H2. The van der Waals surface area contributed by atoms with Crippen molar-refractivity contribution in [3.8, 4) is 0 Å². The Kier molecular flexibility index (Phi) is 29.2. The average molecular weight is 854 g/mol. The summed E-state index contributed by atoms with van der Waals surface area (Å²) in [5, 5.41) is 19.7. The van der Waals surface area contributed by atoms with Gasteiger partial charge in [0.25, 0.3) is 0 Å². The molecule has 3 aromatic rings. The highest BCUT2D eigenvalue weighted by Gasteiger charge is 2.09. The first-order valence-electron chi connectivity index (χ1n) is 18.2. The summed E-state index contributed by atoms with van der Waals surface area (Å²) in [5.41, 5.74) is 8.23. The highest BCUT2D eigenvalue weighted by atomic mass is 35.7. The molecule has 0 radical (unpaired) electrons. The van der Waals surface area contributed by atoms with Crippen LogP contribution < -0.4 is 69.2 Å². The Labute approximate surface area is 339 Å². The highest BCUT2D eigenvalue weighted by molar-refractivity contribution is 5.23. The van der Waals surface area contributed by atoms with Crippen LogP contribution in [0.5, 0.6) is 0 Å². The smallest absolute Gasteiger partial charge is 0.101 e. The van der Waals surface area contributed by atoms with Gasteiger partial charge in [0.15, 0.2) is 0 Å². The highest BCUT2D eigenvalue weighted by Crippen LogP contribution is 2.06. The number of benzene rings is 3. The zero-order valence-electron chi connectivity index (χ0n) is 32.2. The largest absolute Gasteiger partial charge is 0.412 e. The Balaban J connectivity index is 0.00000215. The van der Waals surface area contributed by atoms with Crippen LogP contribution in [0, 0.1) is 20.5 Å². The molecule has 0 aromatic heterocycles. The van der Waals surface area contributed by atoms with Gasteiger partial charge in [0.05, 0.1) is 13.1 Å². The van der Waals surface area contributed by atoms with Crippen molar-refractivity contribution in [1.82, 2.24) is 31.1 Å². The van der Waals surface area contributed by atoms with E-state index in [-0.39, 0.29) is 16.4 Å². The maximum absolute atomic E-state index is 8.49. The van der Waals surface area contributed by atoms with E-state index >= 15 is 0 Å². The zero-order chi connectivity index (χ0) is 39.1. The molecule has 8 bridgehead atoms. The minimum Gasteiger partial charge on any atom is -0.412 e. The molecular formula is C36H62Cl2N8O11. The molecule has 19 nitrogen and oxygen atoms in total. The first kappa shape index (κ1) is 54.5. The minimum atomic E-state index is -4.94. The van der Waals surface area contributed by atoms with Gasteiger partial charge in [0, 0.05) is 103 Å². The van der Waals surface area contributed by atoms with Gasteiger partial charge >= 0.3 is 0 Å². The van der Waals surface area contributed by atoms with E-state index in [0.29, 0.717) is 0 Å². The SMILES string of the molecule is O.O.O.[O-][Cl+3]([O-])([O-])[O-].[O-][Cl+3]([O-])([O-])[O-].c1cc2ccc1CNCCN1CCNCc3ccc(cc3)C[NH2+]CCN(CCNC2)CCNCc2ccc(cc2)C[NH2+]CC1. The van der Waals surface area contributed by atoms with Crippen molar-refractivity contribution in [3.63, 3.8) is 0 Å². The summed E-state index contributed by atoms with van der Waals surface area (Å²) in [4.78, 5) is 5.21. The quantitative estimate of drug-likeness (QED) is 0.122. The van der Waals surface area contributed by atoms with E-state index in [0.717, 1.165) is 118 Å². The fourth-order valence-corrected chi connectivity index (χ4v) is 6.00. The molecule has 0 fully saturated rings. The van der Waals surface area contributed by atoms with Crippen LogP contribution in [0.15, 0.2) is 72.8 Å². The summed E-state index contributed by atoms with van der Waals surface area (Å²) in [6.07, 6.45) is 0. The van der Waals surface area contributed by atoms with Gasteiger partial charge in [-0.25, -0.2) is 37.3 Å². The van der Waals surface area contributed by atoms with E-state index in [9.17, 15) is 0 Å². The predicted molar refractivity (Wildman–Crippen MR) is 191 cm³/mol. The van der Waals surface area contributed by atoms with E-state index in [4.69, 9.17) is 37.3 Å². The third-order valence-corrected chi connectivity index (χ3v) is 8.86. The fraction of sp³-hybridized carbons (Fsp3) is 0.500. The lowest BCUT2D eigenvalue weighted by molar-refractivity contribution is -2.00. The molecule has 2 unspecified atom stereocenters. The van der Waals surface area contributed by atoms with Crippen molar-refractivity contribution in [2.24, 2.45) is 0 Å². The summed E-state index contributed by atoms with van der Waals surface area (Å²) >= 11 is 0. The first-order valence-corrected chi connectivity index (χ1v) is 20.6. The Morgan fingerprint density at radius 2 is 0.579 bits per heavy atom. The topological polar surface area (TPSA) is 367 Å². The van der Waals surface area contributed by atoms with Crippen LogP contribution in [0.4, 0.5) is 0 Å². The van der Waals surface area contributed by atoms with Crippen LogP contribution in [0.1, 0.15) is 33.4 Å². The molecular weight excluding hydrogens is 791 g/mol. The van der Waals surface area contributed by atoms with Gasteiger partial charge < -0.3 is 48.3 Å². The number of rotatable bonds is 0. The molecule has 2 atom stereocenters. The van der Waals surface area contributed by atoms with Gasteiger partial charge in [-0.2, -0.15) is 0 Å². The van der Waals surface area contributed by atoms with Crippen LogP contribution in [0.25, 0.3) is 0 Å². The maximum atomic E-state index is 8.49. The Morgan fingerprint density at radius 3 is 0.807 bits per heavy atom. The third kappa shape index (κ3) is 29.4. The van der Waals surface area contributed by atoms with Crippen molar-refractivity contribution in [2.75, 3.05) is 78.5 Å². The van der Waals surface area contributed by atoms with E-state index in [1.165, 1.54) is 33.4 Å². The van der Waals surface area contributed by atoms with Crippen LogP contribution in [0.2, 0.25) is 0 Å². The minimum absolute atomic E-state index is 0. The lowest BCUT2D eigenvalue weighted by Gasteiger charge is -2.23. The van der Waals surface area contributed by atoms with E-state index in [1.54, 1.807) is 0 Å². The molecule has 12 aliphatic rings. The molecule has 0 saturated carbocycles. The molecule has 12 aliphatic heterocycles. The average Bonchev–Trinajstić information content (AvgIpc) is 3.11. The van der Waals surface area contributed by atoms with Crippen molar-refractivity contribution < 1.29 is 84.8 Å². The predicted octanol–water partition coefficient (Wildman–Crippen LogP) is -11.8. The molecule has 0 amide bonds. The van der Waals surface area contributed by atoms with Crippen LogP contribution in [-0.2, 0) is 39.3 Å². The summed E-state index contributed by atoms with van der Waals surface area (Å²) in [6, 6.07) is 27.5. The summed E-state index contributed by atoms with van der Waals surface area (Å²) in [5.74, 6) is 0. The number of hydrogen-bond acceptors (Lipinski definition) is 14. The van der Waals surface area contributed by atoms with Crippen LogP contribution >= 0.6 is 0 Å². The number of nitrogens with one attached hydrogen (secondary N) is 4. The zero-order valence-corrected chi connectivity index (χ0v) is 33.7. The lowest BCUT2D eigenvalue weighted by atomic mass is 10.1. The molecule has 14 N–H and O–H groups in total. The van der Waals surface area contributed by atoms with Gasteiger partial charge in [0.2, 0.25) is 0 Å². The Morgan fingerprint density at radius 1 is 0.368 bits per heavy atom. The van der Waals surface area contributed by atoms with Crippen LogP contribution in [-0.4, -0.2) is 105 Å². The van der Waals surface area contributed by atoms with Gasteiger partial charge in [0.1, 0.15) is 13.1 Å². The van der Waals surface area contributed by atoms with Crippen molar-refractivity contribution in [1.29, 1.82) is 0 Å². The normalized spacial score (nSPS) is 19.6. The molecule has 0 saturated heterocycles. The molecule has 0 aliphatic carbocycles. The lowest BCUT2D eigenvalue weighted by Crippen LogP contribution is -2.84. The first-order chi connectivity index (χ1) is 25.8. The number of halogens is 2. The van der Waals surface area contributed by atoms with Crippen molar-refractivity contribution in [2.45, 2.75) is 39.3 Å². The van der Waals surface area contributed by atoms with Crippen molar-refractivity contribution in [3.05, 3.63) is 106 Å². The Hall–Kier alpha value is -2.52. The van der Waals surface area contributed by atoms with Gasteiger partial charge in [-0.15, -0.1) is 20.5 Å². The summed E-state index contributed by atoms with van der Waals surface area (Å²) in [6.45, 7) is 18.3. The second-order valence-corrected chi connectivity index (χ2v) is 14.7. The molecule has 0 spiro atoms. The molecule has 12 heterocycles. The third-order valence-electron chi connectivity index (χ3n) is 8.86. The molecule has 57 heavy (non-hydrogen) atoms. The number of hydrogen-bond donors (Lipinski definition) is 6. The van der Waals surface area contributed by atoms with Gasteiger partial charge in [-0.3, -0.25) is 9.80 Å². The Bertz CT molecular complexity index is 1140. The molecule has 15 rings (SSSR count). The maximum Gasteiger partial charge on any atom is 0.101 e. The second kappa shape index (κ2) is 30.5. The number of quaternary nitrogens is 2. The van der Waals surface area contributed by atoms with Crippen LogP contribution in [0.3, 0.4) is 0 Å². The molecule has 3 aromatic carbocycles. The summed E-state index contributed by atoms with van der Waals surface area (Å²) in [7, 11) is -9.89.